The highest BCUT2D eigenvalue weighted by Gasteiger charge is 2.11. The SMILES string of the molecule is CCC(C)CC(N)c1cc(C)cc(F)c1. The first-order valence-electron chi connectivity index (χ1n) is 5.55. The van der Waals surface area contributed by atoms with E-state index in [1.54, 1.807) is 6.07 Å². The summed E-state index contributed by atoms with van der Waals surface area (Å²) < 4.78 is 13.2. The summed E-state index contributed by atoms with van der Waals surface area (Å²) in [6, 6.07) is 4.99. The molecule has 1 aromatic rings. The maximum absolute atomic E-state index is 13.2. The molecule has 0 saturated carbocycles. The third-order valence-electron chi connectivity index (χ3n) is 2.85. The van der Waals surface area contributed by atoms with E-state index in [2.05, 4.69) is 13.8 Å². The minimum atomic E-state index is -0.190. The van der Waals surface area contributed by atoms with E-state index in [1.165, 1.54) is 6.07 Å². The molecule has 1 aromatic carbocycles. The number of aryl methyl sites for hydroxylation is 1. The number of hydrogen-bond donors (Lipinski definition) is 1. The van der Waals surface area contributed by atoms with Crippen molar-refractivity contribution >= 4 is 0 Å². The number of halogens is 1. The molecule has 0 spiro atoms. The Morgan fingerprint density at radius 1 is 1.33 bits per heavy atom. The smallest absolute Gasteiger partial charge is 0.123 e. The van der Waals surface area contributed by atoms with Crippen molar-refractivity contribution in [3.63, 3.8) is 0 Å². The van der Waals surface area contributed by atoms with Gasteiger partial charge >= 0.3 is 0 Å². The second kappa shape index (κ2) is 5.26. The highest BCUT2D eigenvalue weighted by atomic mass is 19.1. The first-order chi connectivity index (χ1) is 7.02. The topological polar surface area (TPSA) is 26.0 Å². The van der Waals surface area contributed by atoms with Crippen molar-refractivity contribution in [1.82, 2.24) is 0 Å². The third-order valence-corrected chi connectivity index (χ3v) is 2.85. The average molecular weight is 209 g/mol. The molecule has 0 fully saturated rings. The normalized spacial score (nSPS) is 15.0. The fourth-order valence-electron chi connectivity index (χ4n) is 1.71. The van der Waals surface area contributed by atoms with Gasteiger partial charge in [-0.25, -0.2) is 4.39 Å². The zero-order valence-electron chi connectivity index (χ0n) is 9.76. The molecule has 0 aromatic heterocycles. The molecule has 0 heterocycles. The van der Waals surface area contributed by atoms with Gasteiger partial charge in [-0.15, -0.1) is 0 Å². The predicted octanol–water partition coefficient (Wildman–Crippen LogP) is 3.57. The maximum Gasteiger partial charge on any atom is 0.123 e. The van der Waals surface area contributed by atoms with Gasteiger partial charge in [0, 0.05) is 6.04 Å². The van der Waals surface area contributed by atoms with Crippen LogP contribution in [0.15, 0.2) is 18.2 Å². The fourth-order valence-corrected chi connectivity index (χ4v) is 1.71. The average Bonchev–Trinajstić information content (AvgIpc) is 2.16. The molecule has 0 aliphatic carbocycles. The molecule has 2 atom stereocenters. The Hall–Kier alpha value is -0.890. The van der Waals surface area contributed by atoms with Gasteiger partial charge in [0.15, 0.2) is 0 Å². The van der Waals surface area contributed by atoms with Crippen LogP contribution in [0.25, 0.3) is 0 Å². The Bertz CT molecular complexity index is 302. The van der Waals surface area contributed by atoms with E-state index >= 15 is 0 Å². The lowest BCUT2D eigenvalue weighted by Gasteiger charge is -2.16. The van der Waals surface area contributed by atoms with E-state index in [0.717, 1.165) is 24.0 Å². The third kappa shape index (κ3) is 3.63. The summed E-state index contributed by atoms with van der Waals surface area (Å²) in [5, 5.41) is 0. The van der Waals surface area contributed by atoms with E-state index < -0.39 is 0 Å². The van der Waals surface area contributed by atoms with Gasteiger partial charge in [-0.3, -0.25) is 0 Å². The Labute approximate surface area is 91.5 Å². The number of hydrogen-bond acceptors (Lipinski definition) is 1. The highest BCUT2D eigenvalue weighted by Crippen LogP contribution is 2.22. The molecule has 2 unspecified atom stereocenters. The number of nitrogens with two attached hydrogens (primary N) is 1. The van der Waals surface area contributed by atoms with Gasteiger partial charge < -0.3 is 5.73 Å². The van der Waals surface area contributed by atoms with Crippen molar-refractivity contribution in [3.8, 4) is 0 Å². The molecule has 2 N–H and O–H groups in total. The molecule has 1 nitrogen and oxygen atoms in total. The van der Waals surface area contributed by atoms with E-state index in [9.17, 15) is 4.39 Å². The number of benzene rings is 1. The monoisotopic (exact) mass is 209 g/mol. The van der Waals surface area contributed by atoms with Gasteiger partial charge in [0.05, 0.1) is 0 Å². The van der Waals surface area contributed by atoms with Crippen molar-refractivity contribution in [2.24, 2.45) is 11.7 Å². The largest absolute Gasteiger partial charge is 0.324 e. The van der Waals surface area contributed by atoms with Gasteiger partial charge in [0.1, 0.15) is 5.82 Å². The summed E-state index contributed by atoms with van der Waals surface area (Å²) in [6.07, 6.45) is 2.03. The predicted molar refractivity (Wildman–Crippen MR) is 62.1 cm³/mol. The van der Waals surface area contributed by atoms with Crippen molar-refractivity contribution in [3.05, 3.63) is 35.1 Å². The quantitative estimate of drug-likeness (QED) is 0.806. The lowest BCUT2D eigenvalue weighted by atomic mass is 9.94. The zero-order chi connectivity index (χ0) is 11.4. The van der Waals surface area contributed by atoms with Crippen LogP contribution in [0.4, 0.5) is 4.39 Å². The maximum atomic E-state index is 13.2. The number of rotatable bonds is 4. The van der Waals surface area contributed by atoms with Crippen molar-refractivity contribution < 1.29 is 4.39 Å². The van der Waals surface area contributed by atoms with Crippen LogP contribution in [-0.4, -0.2) is 0 Å². The molecule has 0 saturated heterocycles. The van der Waals surface area contributed by atoms with Gasteiger partial charge in [-0.2, -0.15) is 0 Å². The van der Waals surface area contributed by atoms with Crippen LogP contribution in [0.5, 0.6) is 0 Å². The molecule has 84 valence electrons. The first kappa shape index (κ1) is 12.2. The van der Waals surface area contributed by atoms with Crippen LogP contribution < -0.4 is 5.73 Å². The minimum Gasteiger partial charge on any atom is -0.324 e. The van der Waals surface area contributed by atoms with Crippen LogP contribution in [-0.2, 0) is 0 Å². The molecular weight excluding hydrogens is 189 g/mol. The summed E-state index contributed by atoms with van der Waals surface area (Å²) in [4.78, 5) is 0. The van der Waals surface area contributed by atoms with Crippen molar-refractivity contribution in [2.45, 2.75) is 39.7 Å². The van der Waals surface area contributed by atoms with Crippen LogP contribution in [0.1, 0.15) is 43.9 Å². The van der Waals surface area contributed by atoms with Crippen LogP contribution in [0, 0.1) is 18.7 Å². The zero-order valence-corrected chi connectivity index (χ0v) is 9.76. The minimum absolute atomic E-state index is 0.0469. The van der Waals surface area contributed by atoms with Crippen LogP contribution in [0.2, 0.25) is 0 Å². The van der Waals surface area contributed by atoms with Gasteiger partial charge in [0.2, 0.25) is 0 Å². The van der Waals surface area contributed by atoms with E-state index in [-0.39, 0.29) is 11.9 Å². The molecule has 1 rings (SSSR count). The van der Waals surface area contributed by atoms with Crippen molar-refractivity contribution in [2.75, 3.05) is 0 Å². The first-order valence-corrected chi connectivity index (χ1v) is 5.55. The van der Waals surface area contributed by atoms with Crippen molar-refractivity contribution in [1.29, 1.82) is 0 Å². The molecule has 0 bridgehead atoms. The van der Waals surface area contributed by atoms with E-state index in [4.69, 9.17) is 5.73 Å². The molecule has 0 aliphatic heterocycles. The summed E-state index contributed by atoms with van der Waals surface area (Å²) in [5.74, 6) is 0.396. The Morgan fingerprint density at radius 2 is 2.00 bits per heavy atom. The molecule has 15 heavy (non-hydrogen) atoms. The second-order valence-corrected chi connectivity index (χ2v) is 4.42. The standard InChI is InChI=1S/C13H20FN/c1-4-9(2)7-13(15)11-5-10(3)6-12(14)8-11/h5-6,8-9,13H,4,7,15H2,1-3H3. The molecular formula is C13H20FN. The Kier molecular flexibility index (Phi) is 4.28. The molecule has 0 radical (unpaired) electrons. The van der Waals surface area contributed by atoms with E-state index in [1.807, 2.05) is 13.0 Å². The summed E-state index contributed by atoms with van der Waals surface area (Å²) in [5.41, 5.74) is 7.89. The van der Waals surface area contributed by atoms with Crippen LogP contribution in [0.3, 0.4) is 0 Å². The summed E-state index contributed by atoms with van der Waals surface area (Å²) in [7, 11) is 0. The molecule has 0 amide bonds. The van der Waals surface area contributed by atoms with E-state index in [0.29, 0.717) is 5.92 Å². The van der Waals surface area contributed by atoms with Gasteiger partial charge in [0.25, 0.3) is 0 Å². The second-order valence-electron chi connectivity index (χ2n) is 4.42. The molecule has 0 aliphatic rings. The Balaban J connectivity index is 2.77. The van der Waals surface area contributed by atoms with Crippen LogP contribution >= 0.6 is 0 Å². The fraction of sp³-hybridized carbons (Fsp3) is 0.538. The van der Waals surface area contributed by atoms with Gasteiger partial charge in [-0.1, -0.05) is 26.3 Å². The highest BCUT2D eigenvalue weighted by molar-refractivity contribution is 5.26. The molecule has 2 heteroatoms. The lowest BCUT2D eigenvalue weighted by Crippen LogP contribution is -2.14. The summed E-state index contributed by atoms with van der Waals surface area (Å²) >= 11 is 0. The summed E-state index contributed by atoms with van der Waals surface area (Å²) in [6.45, 7) is 6.21. The Morgan fingerprint density at radius 3 is 2.53 bits per heavy atom. The lowest BCUT2D eigenvalue weighted by molar-refractivity contribution is 0.460. The van der Waals surface area contributed by atoms with Gasteiger partial charge in [-0.05, 0) is 42.5 Å².